The fourth-order valence-corrected chi connectivity index (χ4v) is 2.35. The third kappa shape index (κ3) is 4.11. The van der Waals surface area contributed by atoms with E-state index in [2.05, 4.69) is 19.3 Å². The van der Waals surface area contributed by atoms with Crippen LogP contribution in [-0.4, -0.2) is 14.2 Å². The molecular formula is C15H26N2O2. The monoisotopic (exact) mass is 266 g/mol. The van der Waals surface area contributed by atoms with E-state index in [9.17, 15) is 0 Å². The smallest absolute Gasteiger partial charge is 0.127 e. The van der Waals surface area contributed by atoms with Crippen LogP contribution in [0.5, 0.6) is 11.5 Å². The van der Waals surface area contributed by atoms with Gasteiger partial charge >= 0.3 is 0 Å². The molecule has 0 saturated carbocycles. The highest BCUT2D eigenvalue weighted by Crippen LogP contribution is 2.33. The van der Waals surface area contributed by atoms with Crippen molar-refractivity contribution in [3.8, 4) is 11.5 Å². The molecule has 4 heteroatoms. The minimum absolute atomic E-state index is 0.103. The maximum atomic E-state index is 5.72. The van der Waals surface area contributed by atoms with Crippen LogP contribution in [0, 0.1) is 5.92 Å². The van der Waals surface area contributed by atoms with E-state index >= 15 is 0 Å². The SMILES string of the molecule is CCC(CC)CC(NN)c1ccc(OC)cc1OC. The van der Waals surface area contributed by atoms with Crippen molar-refractivity contribution in [3.63, 3.8) is 0 Å². The fourth-order valence-electron chi connectivity index (χ4n) is 2.35. The summed E-state index contributed by atoms with van der Waals surface area (Å²) in [5.74, 6) is 7.98. The molecule has 0 saturated heterocycles. The van der Waals surface area contributed by atoms with Gasteiger partial charge in [-0.2, -0.15) is 0 Å². The second kappa shape index (κ2) is 8.02. The lowest BCUT2D eigenvalue weighted by molar-refractivity contribution is 0.352. The van der Waals surface area contributed by atoms with E-state index in [1.807, 2.05) is 18.2 Å². The van der Waals surface area contributed by atoms with Gasteiger partial charge in [0.05, 0.1) is 14.2 Å². The van der Waals surface area contributed by atoms with Gasteiger partial charge in [-0.3, -0.25) is 11.3 Å². The van der Waals surface area contributed by atoms with Crippen LogP contribution in [0.3, 0.4) is 0 Å². The van der Waals surface area contributed by atoms with Crippen LogP contribution < -0.4 is 20.7 Å². The van der Waals surface area contributed by atoms with E-state index in [0.29, 0.717) is 5.92 Å². The summed E-state index contributed by atoms with van der Waals surface area (Å²) in [6, 6.07) is 5.96. The quantitative estimate of drug-likeness (QED) is 0.561. The van der Waals surface area contributed by atoms with Gasteiger partial charge in [-0.25, -0.2) is 0 Å². The number of nitrogens with one attached hydrogen (secondary N) is 1. The molecule has 1 aromatic carbocycles. The second-order valence-corrected chi connectivity index (χ2v) is 4.75. The molecular weight excluding hydrogens is 240 g/mol. The summed E-state index contributed by atoms with van der Waals surface area (Å²) >= 11 is 0. The predicted molar refractivity (Wildman–Crippen MR) is 78.3 cm³/mol. The van der Waals surface area contributed by atoms with Crippen molar-refractivity contribution in [3.05, 3.63) is 23.8 Å². The molecule has 108 valence electrons. The van der Waals surface area contributed by atoms with Crippen LogP contribution in [0.4, 0.5) is 0 Å². The average Bonchev–Trinajstić information content (AvgIpc) is 2.48. The number of rotatable bonds is 8. The second-order valence-electron chi connectivity index (χ2n) is 4.75. The Morgan fingerprint density at radius 1 is 1.16 bits per heavy atom. The molecule has 1 atom stereocenters. The Labute approximate surface area is 116 Å². The van der Waals surface area contributed by atoms with Gasteiger partial charge in [0, 0.05) is 17.7 Å². The van der Waals surface area contributed by atoms with Gasteiger partial charge in [-0.15, -0.1) is 0 Å². The Bertz CT molecular complexity index is 378. The summed E-state index contributed by atoms with van der Waals surface area (Å²) < 4.78 is 10.7. The van der Waals surface area contributed by atoms with E-state index in [-0.39, 0.29) is 6.04 Å². The third-order valence-corrected chi connectivity index (χ3v) is 3.74. The predicted octanol–water partition coefficient (Wildman–Crippen LogP) is 3.03. The highest BCUT2D eigenvalue weighted by molar-refractivity contribution is 5.42. The minimum Gasteiger partial charge on any atom is -0.497 e. The molecule has 19 heavy (non-hydrogen) atoms. The van der Waals surface area contributed by atoms with Gasteiger partial charge < -0.3 is 9.47 Å². The van der Waals surface area contributed by atoms with Crippen LogP contribution >= 0.6 is 0 Å². The Morgan fingerprint density at radius 2 is 1.84 bits per heavy atom. The van der Waals surface area contributed by atoms with Crippen LogP contribution in [-0.2, 0) is 0 Å². The summed E-state index contributed by atoms with van der Waals surface area (Å²) in [6.45, 7) is 4.43. The van der Waals surface area contributed by atoms with Crippen molar-refractivity contribution in [1.29, 1.82) is 0 Å². The van der Waals surface area contributed by atoms with Crippen LogP contribution in [0.1, 0.15) is 44.7 Å². The van der Waals surface area contributed by atoms with Gasteiger partial charge in [0.1, 0.15) is 11.5 Å². The van der Waals surface area contributed by atoms with Gasteiger partial charge in [0.15, 0.2) is 0 Å². The number of hydrazine groups is 1. The van der Waals surface area contributed by atoms with Crippen LogP contribution in [0.25, 0.3) is 0 Å². The molecule has 0 aromatic heterocycles. The Hall–Kier alpha value is -1.26. The number of hydrogen-bond acceptors (Lipinski definition) is 4. The van der Waals surface area contributed by atoms with Crippen molar-refractivity contribution in [1.82, 2.24) is 5.43 Å². The maximum Gasteiger partial charge on any atom is 0.127 e. The van der Waals surface area contributed by atoms with Gasteiger partial charge in [0.2, 0.25) is 0 Å². The standard InChI is InChI=1S/C15H26N2O2/c1-5-11(6-2)9-14(17-16)13-8-7-12(18-3)10-15(13)19-4/h7-8,10-11,14,17H,5-6,9,16H2,1-4H3. The summed E-state index contributed by atoms with van der Waals surface area (Å²) in [4.78, 5) is 0. The van der Waals surface area contributed by atoms with Crippen molar-refractivity contribution < 1.29 is 9.47 Å². The van der Waals surface area contributed by atoms with E-state index < -0.39 is 0 Å². The van der Waals surface area contributed by atoms with Crippen molar-refractivity contribution >= 4 is 0 Å². The highest BCUT2D eigenvalue weighted by atomic mass is 16.5. The van der Waals surface area contributed by atoms with E-state index in [1.54, 1.807) is 14.2 Å². The molecule has 0 aliphatic heterocycles. The molecule has 0 aliphatic rings. The first-order valence-corrected chi connectivity index (χ1v) is 6.88. The Morgan fingerprint density at radius 3 is 2.32 bits per heavy atom. The number of ether oxygens (including phenoxy) is 2. The molecule has 0 aliphatic carbocycles. The molecule has 0 heterocycles. The first kappa shape index (κ1) is 15.8. The van der Waals surface area contributed by atoms with Crippen LogP contribution in [0.15, 0.2) is 18.2 Å². The molecule has 0 amide bonds. The molecule has 0 radical (unpaired) electrons. The zero-order chi connectivity index (χ0) is 14.3. The zero-order valence-corrected chi connectivity index (χ0v) is 12.4. The maximum absolute atomic E-state index is 5.72. The largest absolute Gasteiger partial charge is 0.497 e. The summed E-state index contributed by atoms with van der Waals surface area (Å²) in [5, 5.41) is 0. The van der Waals surface area contributed by atoms with E-state index in [4.69, 9.17) is 15.3 Å². The van der Waals surface area contributed by atoms with E-state index in [1.165, 1.54) is 0 Å². The Balaban J connectivity index is 2.96. The average molecular weight is 266 g/mol. The molecule has 1 aromatic rings. The highest BCUT2D eigenvalue weighted by Gasteiger charge is 2.19. The van der Waals surface area contributed by atoms with E-state index in [0.717, 1.165) is 36.3 Å². The van der Waals surface area contributed by atoms with Gasteiger partial charge in [-0.1, -0.05) is 32.8 Å². The molecule has 0 spiro atoms. The number of methoxy groups -OCH3 is 2. The summed E-state index contributed by atoms with van der Waals surface area (Å²) in [6.07, 6.45) is 3.33. The lowest BCUT2D eigenvalue weighted by atomic mass is 9.91. The summed E-state index contributed by atoms with van der Waals surface area (Å²) in [5.41, 5.74) is 3.99. The van der Waals surface area contributed by atoms with Crippen molar-refractivity contribution in [2.75, 3.05) is 14.2 Å². The lowest BCUT2D eigenvalue weighted by Crippen LogP contribution is -2.30. The zero-order valence-electron chi connectivity index (χ0n) is 12.4. The normalized spacial score (nSPS) is 12.5. The topological polar surface area (TPSA) is 56.5 Å². The van der Waals surface area contributed by atoms with Crippen molar-refractivity contribution in [2.24, 2.45) is 11.8 Å². The molecule has 1 unspecified atom stereocenters. The molecule has 0 fully saturated rings. The first-order valence-electron chi connectivity index (χ1n) is 6.88. The lowest BCUT2D eigenvalue weighted by Gasteiger charge is -2.23. The Kier molecular flexibility index (Phi) is 6.67. The fraction of sp³-hybridized carbons (Fsp3) is 0.600. The molecule has 3 N–H and O–H groups in total. The minimum atomic E-state index is 0.103. The van der Waals surface area contributed by atoms with Gasteiger partial charge in [-0.05, 0) is 18.4 Å². The van der Waals surface area contributed by atoms with Gasteiger partial charge in [0.25, 0.3) is 0 Å². The van der Waals surface area contributed by atoms with Crippen LogP contribution in [0.2, 0.25) is 0 Å². The molecule has 4 nitrogen and oxygen atoms in total. The first-order chi connectivity index (χ1) is 9.19. The number of hydrogen-bond donors (Lipinski definition) is 2. The molecule has 0 bridgehead atoms. The molecule has 1 rings (SSSR count). The third-order valence-electron chi connectivity index (χ3n) is 3.74. The number of benzene rings is 1. The summed E-state index contributed by atoms with van der Waals surface area (Å²) in [7, 11) is 3.32. The van der Waals surface area contributed by atoms with Crippen molar-refractivity contribution in [2.45, 2.75) is 39.2 Å². The number of nitrogens with two attached hydrogens (primary N) is 1.